The highest BCUT2D eigenvalue weighted by Crippen LogP contribution is 2.40. The highest BCUT2D eigenvalue weighted by molar-refractivity contribution is 6.30. The molecule has 0 bridgehead atoms. The van der Waals surface area contributed by atoms with E-state index in [1.807, 2.05) is 0 Å². The molecule has 1 fully saturated rings. The maximum atomic E-state index is 12.4. The van der Waals surface area contributed by atoms with Crippen LogP contribution in [0.2, 0.25) is 0 Å². The molecular formula is C15H11ClNO4-. The molecule has 108 valence electrons. The van der Waals surface area contributed by atoms with Crippen LogP contribution >= 0.6 is 11.6 Å². The smallest absolute Gasteiger partial charge is 0.238 e. The quantitative estimate of drug-likeness (QED) is 0.766. The average molecular weight is 305 g/mol. The number of nitrogens with zero attached hydrogens (tertiary/aromatic N) is 1. The SMILES string of the molecule is O=C([O-])c1ccc(N2C(=O)[C@@H]3CC=C(Cl)C[C@H]3C2=O)cc1. The number of amides is 2. The van der Waals surface area contributed by atoms with Crippen molar-refractivity contribution in [3.8, 4) is 0 Å². The molecule has 0 N–H and O–H groups in total. The number of anilines is 1. The number of carboxylic acid groups (broad SMARTS) is 1. The zero-order valence-electron chi connectivity index (χ0n) is 10.9. The first-order valence-corrected chi connectivity index (χ1v) is 6.90. The maximum absolute atomic E-state index is 12.4. The molecule has 0 saturated carbocycles. The number of imide groups is 1. The number of fused-ring (bicyclic) bond motifs is 1. The molecule has 21 heavy (non-hydrogen) atoms. The number of rotatable bonds is 2. The lowest BCUT2D eigenvalue weighted by Crippen LogP contribution is -2.31. The lowest BCUT2D eigenvalue weighted by molar-refractivity contribution is -0.255. The molecule has 3 rings (SSSR count). The monoisotopic (exact) mass is 304 g/mol. The van der Waals surface area contributed by atoms with E-state index in [0.717, 1.165) is 4.90 Å². The number of hydrogen-bond acceptors (Lipinski definition) is 4. The first kappa shape index (κ1) is 13.8. The minimum atomic E-state index is -1.30. The van der Waals surface area contributed by atoms with Crippen LogP contribution in [0.5, 0.6) is 0 Å². The highest BCUT2D eigenvalue weighted by Gasteiger charge is 2.48. The standard InChI is InChI=1S/C15H12ClNO4/c16-9-3-6-11-12(7-9)14(19)17(13(11)18)10-4-1-8(2-5-10)15(20)21/h1-5,11-12H,6-7H2,(H,20,21)/p-1/t11-,12-/m1/s1. The normalized spacial score (nSPS) is 24.8. The summed E-state index contributed by atoms with van der Waals surface area (Å²) in [6.07, 6.45) is 2.61. The van der Waals surface area contributed by atoms with E-state index in [2.05, 4.69) is 0 Å². The lowest BCUT2D eigenvalue weighted by atomic mass is 9.85. The van der Waals surface area contributed by atoms with Crippen LogP contribution < -0.4 is 10.0 Å². The van der Waals surface area contributed by atoms with Gasteiger partial charge in [-0.2, -0.15) is 0 Å². The molecule has 1 aliphatic carbocycles. The largest absolute Gasteiger partial charge is 0.545 e. The molecule has 1 saturated heterocycles. The molecule has 1 aromatic carbocycles. The lowest BCUT2D eigenvalue weighted by Gasteiger charge is -2.17. The second kappa shape index (κ2) is 5.00. The van der Waals surface area contributed by atoms with Gasteiger partial charge in [0.05, 0.1) is 23.5 Å². The summed E-state index contributed by atoms with van der Waals surface area (Å²) >= 11 is 5.95. The third-order valence-electron chi connectivity index (χ3n) is 3.93. The first-order chi connectivity index (χ1) is 9.99. The fraction of sp³-hybridized carbons (Fsp3) is 0.267. The molecule has 2 aliphatic rings. The van der Waals surface area contributed by atoms with Crippen LogP contribution in [0, 0.1) is 11.8 Å². The minimum Gasteiger partial charge on any atom is -0.545 e. The summed E-state index contributed by atoms with van der Waals surface area (Å²) in [5.74, 6) is -2.63. The molecular weight excluding hydrogens is 294 g/mol. The van der Waals surface area contributed by atoms with E-state index in [9.17, 15) is 19.5 Å². The molecule has 2 atom stereocenters. The van der Waals surface area contributed by atoms with Crippen molar-refractivity contribution in [1.29, 1.82) is 0 Å². The number of allylic oxidation sites excluding steroid dienone is 2. The zero-order valence-corrected chi connectivity index (χ0v) is 11.7. The van der Waals surface area contributed by atoms with Crippen LogP contribution in [0.25, 0.3) is 0 Å². The summed E-state index contributed by atoms with van der Waals surface area (Å²) in [6, 6.07) is 5.51. The Morgan fingerprint density at radius 1 is 1.14 bits per heavy atom. The summed E-state index contributed by atoms with van der Waals surface area (Å²) in [7, 11) is 0. The fourth-order valence-corrected chi connectivity index (χ4v) is 3.08. The molecule has 0 aromatic heterocycles. The number of carboxylic acids is 1. The van der Waals surface area contributed by atoms with Crippen LogP contribution in [0.15, 0.2) is 35.4 Å². The van der Waals surface area contributed by atoms with Gasteiger partial charge in [-0.25, -0.2) is 0 Å². The summed E-state index contributed by atoms with van der Waals surface area (Å²) in [5, 5.41) is 11.3. The predicted molar refractivity (Wildman–Crippen MR) is 73.4 cm³/mol. The van der Waals surface area contributed by atoms with Crippen LogP contribution in [-0.2, 0) is 9.59 Å². The van der Waals surface area contributed by atoms with Gasteiger partial charge in [0.25, 0.3) is 0 Å². The Labute approximate surface area is 125 Å². The van der Waals surface area contributed by atoms with E-state index in [0.29, 0.717) is 23.6 Å². The van der Waals surface area contributed by atoms with Crippen molar-refractivity contribution in [2.45, 2.75) is 12.8 Å². The summed E-state index contributed by atoms with van der Waals surface area (Å²) < 4.78 is 0. The van der Waals surface area contributed by atoms with Crippen molar-refractivity contribution in [2.75, 3.05) is 4.90 Å². The fourth-order valence-electron chi connectivity index (χ4n) is 2.83. The van der Waals surface area contributed by atoms with Gasteiger partial charge in [0.2, 0.25) is 11.8 Å². The van der Waals surface area contributed by atoms with Crippen LogP contribution in [0.3, 0.4) is 0 Å². The number of carbonyl (C=O) groups excluding carboxylic acids is 3. The average Bonchev–Trinajstić information content (AvgIpc) is 2.70. The Morgan fingerprint density at radius 2 is 1.76 bits per heavy atom. The van der Waals surface area contributed by atoms with Gasteiger partial charge < -0.3 is 9.90 Å². The Bertz CT molecular complexity index is 665. The zero-order chi connectivity index (χ0) is 15.1. The van der Waals surface area contributed by atoms with Gasteiger partial charge in [0.15, 0.2) is 0 Å². The van der Waals surface area contributed by atoms with Gasteiger partial charge >= 0.3 is 0 Å². The molecule has 0 radical (unpaired) electrons. The summed E-state index contributed by atoms with van der Waals surface area (Å²) in [6.45, 7) is 0. The van der Waals surface area contributed by atoms with Crippen molar-refractivity contribution < 1.29 is 19.5 Å². The molecule has 1 aliphatic heterocycles. The van der Waals surface area contributed by atoms with Gasteiger partial charge in [0, 0.05) is 5.03 Å². The van der Waals surface area contributed by atoms with Crippen molar-refractivity contribution in [3.05, 3.63) is 40.9 Å². The maximum Gasteiger partial charge on any atom is 0.238 e. The van der Waals surface area contributed by atoms with Crippen molar-refractivity contribution in [1.82, 2.24) is 0 Å². The van der Waals surface area contributed by atoms with Gasteiger partial charge in [-0.1, -0.05) is 29.8 Å². The molecule has 2 amide bonds. The van der Waals surface area contributed by atoms with Gasteiger partial charge in [-0.05, 0) is 30.5 Å². The second-order valence-corrected chi connectivity index (χ2v) is 5.64. The highest BCUT2D eigenvalue weighted by atomic mass is 35.5. The third kappa shape index (κ3) is 2.23. The van der Waals surface area contributed by atoms with Crippen LogP contribution in [0.4, 0.5) is 5.69 Å². The van der Waals surface area contributed by atoms with E-state index in [-0.39, 0.29) is 23.3 Å². The van der Waals surface area contributed by atoms with Gasteiger partial charge in [-0.3, -0.25) is 14.5 Å². The van der Waals surface area contributed by atoms with Crippen molar-refractivity contribution in [2.24, 2.45) is 11.8 Å². The molecule has 1 aromatic rings. The van der Waals surface area contributed by atoms with Crippen LogP contribution in [-0.4, -0.2) is 17.8 Å². The molecule has 1 heterocycles. The number of halogens is 1. The van der Waals surface area contributed by atoms with Crippen LogP contribution in [0.1, 0.15) is 23.2 Å². The topological polar surface area (TPSA) is 77.5 Å². The number of hydrogen-bond donors (Lipinski definition) is 0. The van der Waals surface area contributed by atoms with E-state index in [4.69, 9.17) is 11.6 Å². The first-order valence-electron chi connectivity index (χ1n) is 6.53. The molecule has 5 nitrogen and oxygen atoms in total. The molecule has 6 heteroatoms. The van der Waals surface area contributed by atoms with Crippen molar-refractivity contribution in [3.63, 3.8) is 0 Å². The van der Waals surface area contributed by atoms with E-state index >= 15 is 0 Å². The minimum absolute atomic E-state index is 0.0000256. The number of benzene rings is 1. The Hall–Kier alpha value is -2.14. The summed E-state index contributed by atoms with van der Waals surface area (Å²) in [5.41, 5.74) is 0.375. The Morgan fingerprint density at radius 3 is 2.38 bits per heavy atom. The Balaban J connectivity index is 1.91. The van der Waals surface area contributed by atoms with E-state index < -0.39 is 11.9 Å². The Kier molecular flexibility index (Phi) is 3.29. The third-order valence-corrected chi connectivity index (χ3v) is 4.24. The number of aromatic carboxylic acids is 1. The molecule has 0 spiro atoms. The van der Waals surface area contributed by atoms with Gasteiger partial charge in [0.1, 0.15) is 0 Å². The molecule has 0 unspecified atom stereocenters. The van der Waals surface area contributed by atoms with Crippen molar-refractivity contribution >= 4 is 35.1 Å². The summed E-state index contributed by atoms with van der Waals surface area (Å²) in [4.78, 5) is 36.6. The second-order valence-electron chi connectivity index (χ2n) is 5.15. The van der Waals surface area contributed by atoms with E-state index in [1.54, 1.807) is 6.08 Å². The van der Waals surface area contributed by atoms with Gasteiger partial charge in [-0.15, -0.1) is 0 Å². The predicted octanol–water partition coefficient (Wildman–Crippen LogP) is 1.07. The number of carbonyl (C=O) groups is 3. The van der Waals surface area contributed by atoms with E-state index in [1.165, 1.54) is 24.3 Å².